The minimum atomic E-state index is -1.37. The Hall–Kier alpha value is -2.08. The average molecular weight is 324 g/mol. The van der Waals surface area contributed by atoms with Gasteiger partial charge < -0.3 is 15.1 Å². The van der Waals surface area contributed by atoms with Crippen LogP contribution >= 0.6 is 11.6 Å². The zero-order valence-corrected chi connectivity index (χ0v) is 12.6. The van der Waals surface area contributed by atoms with Crippen molar-refractivity contribution in [2.24, 2.45) is 10.8 Å². The van der Waals surface area contributed by atoms with Crippen LogP contribution in [0.3, 0.4) is 0 Å². The summed E-state index contributed by atoms with van der Waals surface area (Å²) in [7, 11) is 0. The molecule has 0 aromatic heterocycles. The van der Waals surface area contributed by atoms with Gasteiger partial charge in [0.25, 0.3) is 5.91 Å². The quantitative estimate of drug-likeness (QED) is 0.882. The van der Waals surface area contributed by atoms with Crippen LogP contribution in [0.4, 0.5) is 0 Å². The highest BCUT2D eigenvalue weighted by Gasteiger charge is 2.81. The predicted octanol–water partition coefficient (Wildman–Crippen LogP) is 1.65. The Labute approximate surface area is 131 Å². The summed E-state index contributed by atoms with van der Waals surface area (Å²) in [6.07, 6.45) is 0.0655. The minimum Gasteiger partial charge on any atom is -0.481 e. The molecule has 1 amide bonds. The second kappa shape index (κ2) is 4.46. The molecule has 2 atom stereocenters. The lowest BCUT2D eigenvalue weighted by Gasteiger charge is -2.20. The predicted molar refractivity (Wildman–Crippen MR) is 76.8 cm³/mol. The first-order valence-corrected chi connectivity index (χ1v) is 7.13. The first-order valence-electron chi connectivity index (χ1n) is 6.76. The highest BCUT2D eigenvalue weighted by atomic mass is 35.5. The number of piperidine rings is 1. The number of nitrogens with zero attached hydrogens (tertiary/aromatic N) is 1. The van der Waals surface area contributed by atoms with Crippen LogP contribution in [0.5, 0.6) is 0 Å². The maximum absolute atomic E-state index is 12.6. The number of aliphatic carboxylic acids is 2. The summed E-state index contributed by atoms with van der Waals surface area (Å²) in [4.78, 5) is 36.8. The van der Waals surface area contributed by atoms with Gasteiger partial charge in [-0.25, -0.2) is 0 Å². The molecule has 1 heterocycles. The zero-order chi connectivity index (χ0) is 16.3. The number of likely N-dealkylation sites (tertiary alicyclic amines) is 1. The number of carbonyl (C=O) groups excluding carboxylic acids is 1. The number of aryl methyl sites for hydroxylation is 1. The Bertz CT molecular complexity index is 690. The van der Waals surface area contributed by atoms with E-state index in [2.05, 4.69) is 0 Å². The van der Waals surface area contributed by atoms with Crippen LogP contribution in [0.2, 0.25) is 5.02 Å². The molecule has 0 bridgehead atoms. The fourth-order valence-corrected chi connectivity index (χ4v) is 3.60. The molecule has 0 unspecified atom stereocenters. The van der Waals surface area contributed by atoms with Crippen LogP contribution in [0.25, 0.3) is 0 Å². The van der Waals surface area contributed by atoms with Gasteiger partial charge in [-0.2, -0.15) is 0 Å². The number of amides is 1. The van der Waals surface area contributed by atoms with E-state index < -0.39 is 28.7 Å². The lowest BCUT2D eigenvalue weighted by atomic mass is 9.97. The van der Waals surface area contributed by atoms with Gasteiger partial charge in [0.15, 0.2) is 0 Å². The summed E-state index contributed by atoms with van der Waals surface area (Å²) in [5.41, 5.74) is -1.63. The lowest BCUT2D eigenvalue weighted by Crippen LogP contribution is -2.34. The van der Waals surface area contributed by atoms with Crippen LogP contribution in [0.15, 0.2) is 18.2 Å². The van der Waals surface area contributed by atoms with Crippen molar-refractivity contribution in [2.45, 2.75) is 13.3 Å². The molecule has 0 spiro atoms. The molecule has 0 radical (unpaired) electrons. The van der Waals surface area contributed by atoms with Gasteiger partial charge in [-0.1, -0.05) is 23.2 Å². The Morgan fingerprint density at radius 1 is 1.14 bits per heavy atom. The van der Waals surface area contributed by atoms with Crippen molar-refractivity contribution in [3.8, 4) is 0 Å². The summed E-state index contributed by atoms with van der Waals surface area (Å²) >= 11 is 6.03. The largest absolute Gasteiger partial charge is 0.481 e. The number of carboxylic acids is 2. The molecular formula is C15H14ClNO5. The molecule has 2 aliphatic rings. The van der Waals surface area contributed by atoms with E-state index in [9.17, 15) is 24.6 Å². The van der Waals surface area contributed by atoms with E-state index in [1.165, 1.54) is 4.90 Å². The highest BCUT2D eigenvalue weighted by molar-refractivity contribution is 6.33. The van der Waals surface area contributed by atoms with Crippen molar-refractivity contribution in [1.29, 1.82) is 0 Å². The monoisotopic (exact) mass is 323 g/mol. The van der Waals surface area contributed by atoms with Gasteiger partial charge >= 0.3 is 11.9 Å². The van der Waals surface area contributed by atoms with E-state index in [4.69, 9.17) is 11.6 Å². The van der Waals surface area contributed by atoms with Gasteiger partial charge in [0.05, 0.1) is 10.6 Å². The van der Waals surface area contributed by atoms with Gasteiger partial charge in [-0.05, 0) is 25.5 Å². The molecule has 1 saturated carbocycles. The summed E-state index contributed by atoms with van der Waals surface area (Å²) in [6.45, 7) is 1.61. The number of hydrogen-bond donors (Lipinski definition) is 2. The Morgan fingerprint density at radius 2 is 1.68 bits per heavy atom. The van der Waals surface area contributed by atoms with Gasteiger partial charge in [-0.3, -0.25) is 14.4 Å². The number of fused-ring (bicyclic) bond motifs is 1. The molecule has 1 aliphatic heterocycles. The van der Waals surface area contributed by atoms with Crippen molar-refractivity contribution < 1.29 is 24.6 Å². The molecular weight excluding hydrogens is 310 g/mol. The molecule has 3 rings (SSSR count). The SMILES string of the molecule is Cc1ccc(Cl)c(C(=O)N2C[C@@]3(C(=O)O)C[C@@]3(C(=O)O)C2)c1. The number of benzene rings is 1. The van der Waals surface area contributed by atoms with Crippen LogP contribution in [0.1, 0.15) is 22.3 Å². The molecule has 1 aromatic carbocycles. The van der Waals surface area contributed by atoms with E-state index >= 15 is 0 Å². The molecule has 1 aromatic rings. The number of rotatable bonds is 3. The molecule has 116 valence electrons. The Balaban J connectivity index is 1.92. The third-order valence-electron chi connectivity index (χ3n) is 4.77. The summed E-state index contributed by atoms with van der Waals surface area (Å²) in [5.74, 6) is -2.76. The number of hydrogen-bond acceptors (Lipinski definition) is 3. The van der Waals surface area contributed by atoms with Crippen molar-refractivity contribution >= 4 is 29.4 Å². The normalized spacial score (nSPS) is 29.1. The van der Waals surface area contributed by atoms with Crippen molar-refractivity contribution in [3.05, 3.63) is 34.3 Å². The highest BCUT2D eigenvalue weighted by Crippen LogP contribution is 2.68. The third-order valence-corrected chi connectivity index (χ3v) is 5.10. The summed E-state index contributed by atoms with van der Waals surface area (Å²) in [6, 6.07) is 4.98. The Morgan fingerprint density at radius 3 is 2.18 bits per heavy atom. The van der Waals surface area contributed by atoms with E-state index in [1.807, 2.05) is 6.92 Å². The summed E-state index contributed by atoms with van der Waals surface area (Å²) in [5, 5.41) is 19.0. The molecule has 6 nitrogen and oxygen atoms in total. The molecule has 1 aliphatic carbocycles. The van der Waals surface area contributed by atoms with Gasteiger partial charge in [0.2, 0.25) is 0 Å². The number of halogens is 1. The minimum absolute atomic E-state index is 0.0655. The smallest absolute Gasteiger partial charge is 0.312 e. The molecule has 7 heteroatoms. The lowest BCUT2D eigenvalue weighted by molar-refractivity contribution is -0.151. The van der Waals surface area contributed by atoms with E-state index in [-0.39, 0.29) is 30.1 Å². The second-order valence-electron chi connectivity index (χ2n) is 6.10. The van der Waals surface area contributed by atoms with E-state index in [0.717, 1.165) is 5.56 Å². The van der Waals surface area contributed by atoms with Gasteiger partial charge in [0.1, 0.15) is 10.8 Å². The first-order chi connectivity index (χ1) is 10.2. The average Bonchev–Trinajstić information content (AvgIpc) is 3.00. The zero-order valence-electron chi connectivity index (χ0n) is 11.8. The van der Waals surface area contributed by atoms with Crippen molar-refractivity contribution in [1.82, 2.24) is 4.90 Å². The van der Waals surface area contributed by atoms with Crippen molar-refractivity contribution in [2.75, 3.05) is 13.1 Å². The molecule has 22 heavy (non-hydrogen) atoms. The van der Waals surface area contributed by atoms with Crippen LogP contribution < -0.4 is 0 Å². The number of carbonyl (C=O) groups is 3. The number of carboxylic acid groups (broad SMARTS) is 2. The summed E-state index contributed by atoms with van der Waals surface area (Å²) < 4.78 is 0. The standard InChI is InChI=1S/C15H14ClNO5/c1-8-2-3-10(16)9(4-8)11(18)17-6-14(12(19)20)5-15(14,7-17)13(21)22/h2-4H,5-7H2,1H3,(H,19,20)(H,21,22)/t14-,15+. The third kappa shape index (κ3) is 1.76. The van der Waals surface area contributed by atoms with Crippen molar-refractivity contribution in [3.63, 3.8) is 0 Å². The molecule has 1 saturated heterocycles. The maximum Gasteiger partial charge on any atom is 0.312 e. The van der Waals surface area contributed by atoms with Gasteiger partial charge in [0, 0.05) is 13.1 Å². The molecule has 2 N–H and O–H groups in total. The molecule has 2 fully saturated rings. The van der Waals surface area contributed by atoms with Crippen LogP contribution in [-0.4, -0.2) is 46.0 Å². The van der Waals surface area contributed by atoms with E-state index in [1.54, 1.807) is 18.2 Å². The van der Waals surface area contributed by atoms with Crippen LogP contribution in [-0.2, 0) is 9.59 Å². The maximum atomic E-state index is 12.6. The van der Waals surface area contributed by atoms with Gasteiger partial charge in [-0.15, -0.1) is 0 Å². The second-order valence-corrected chi connectivity index (χ2v) is 6.50. The fourth-order valence-electron chi connectivity index (χ4n) is 3.41. The Kier molecular flexibility index (Phi) is 3.01. The first kappa shape index (κ1) is 14.8. The topological polar surface area (TPSA) is 94.9 Å². The van der Waals surface area contributed by atoms with E-state index in [0.29, 0.717) is 0 Å². The van der Waals surface area contributed by atoms with Crippen LogP contribution in [0, 0.1) is 17.8 Å². The fraction of sp³-hybridized carbons (Fsp3) is 0.400.